The van der Waals surface area contributed by atoms with Gasteiger partial charge in [-0.05, 0) is 36.9 Å². The molecule has 0 radical (unpaired) electrons. The molecule has 4 heteroatoms. The first-order valence-electron chi connectivity index (χ1n) is 9.30. The molecular formula is C21H29N3O. The summed E-state index contributed by atoms with van der Waals surface area (Å²) in [5.74, 6) is 6.66. The Hall–Kier alpha value is -1.80. The molecule has 134 valence electrons. The van der Waals surface area contributed by atoms with E-state index in [4.69, 9.17) is 4.74 Å². The lowest BCUT2D eigenvalue weighted by molar-refractivity contribution is 0.0343. The van der Waals surface area contributed by atoms with Crippen molar-refractivity contribution in [1.82, 2.24) is 14.4 Å². The fourth-order valence-corrected chi connectivity index (χ4v) is 3.38. The van der Waals surface area contributed by atoms with Crippen LogP contribution in [0.1, 0.15) is 25.0 Å². The molecule has 0 aliphatic carbocycles. The molecule has 0 unspecified atom stereocenters. The van der Waals surface area contributed by atoms with Gasteiger partial charge in [0.05, 0.1) is 19.8 Å². The topological polar surface area (TPSA) is 20.6 Å². The van der Waals surface area contributed by atoms with Gasteiger partial charge in [-0.2, -0.15) is 0 Å². The van der Waals surface area contributed by atoms with Gasteiger partial charge in [-0.3, -0.25) is 9.80 Å². The zero-order valence-electron chi connectivity index (χ0n) is 15.7. The molecule has 0 atom stereocenters. The third-order valence-corrected chi connectivity index (χ3v) is 5.00. The van der Waals surface area contributed by atoms with Crippen LogP contribution in [-0.2, 0) is 18.3 Å². The van der Waals surface area contributed by atoms with E-state index in [1.54, 1.807) is 0 Å². The summed E-state index contributed by atoms with van der Waals surface area (Å²) in [4.78, 5) is 4.80. The van der Waals surface area contributed by atoms with E-state index in [-0.39, 0.29) is 0 Å². The predicted molar refractivity (Wildman–Crippen MR) is 104 cm³/mol. The fourth-order valence-electron chi connectivity index (χ4n) is 3.38. The number of ether oxygens (including phenoxy) is 1. The van der Waals surface area contributed by atoms with Crippen molar-refractivity contribution in [2.24, 2.45) is 7.05 Å². The van der Waals surface area contributed by atoms with E-state index in [9.17, 15) is 0 Å². The van der Waals surface area contributed by atoms with E-state index < -0.39 is 0 Å². The van der Waals surface area contributed by atoms with Gasteiger partial charge < -0.3 is 9.30 Å². The average Bonchev–Trinajstić information content (AvgIpc) is 2.95. The summed E-state index contributed by atoms with van der Waals surface area (Å²) in [5.41, 5.74) is 3.76. The quantitative estimate of drug-likeness (QED) is 0.782. The highest BCUT2D eigenvalue weighted by Gasteiger charge is 2.14. The van der Waals surface area contributed by atoms with Crippen LogP contribution in [-0.4, -0.2) is 60.3 Å². The molecule has 1 aliphatic rings. The van der Waals surface area contributed by atoms with Gasteiger partial charge in [-0.15, -0.1) is 0 Å². The molecule has 1 fully saturated rings. The molecule has 2 heterocycles. The van der Waals surface area contributed by atoms with Crippen molar-refractivity contribution in [3.8, 4) is 11.8 Å². The van der Waals surface area contributed by atoms with Gasteiger partial charge in [-0.1, -0.05) is 25.7 Å². The normalized spacial score (nSPS) is 15.5. The van der Waals surface area contributed by atoms with Crippen LogP contribution < -0.4 is 0 Å². The van der Waals surface area contributed by atoms with Crippen molar-refractivity contribution in [3.63, 3.8) is 0 Å². The largest absolute Gasteiger partial charge is 0.379 e. The molecule has 2 aromatic rings. The molecule has 0 saturated carbocycles. The first-order chi connectivity index (χ1) is 12.2. The van der Waals surface area contributed by atoms with Gasteiger partial charge in [0.15, 0.2) is 0 Å². The second kappa shape index (κ2) is 8.53. The Morgan fingerprint density at radius 3 is 2.64 bits per heavy atom. The minimum absolute atomic E-state index is 0.834. The third-order valence-electron chi connectivity index (χ3n) is 5.00. The monoisotopic (exact) mass is 339 g/mol. The molecular weight excluding hydrogens is 310 g/mol. The number of aromatic nitrogens is 1. The van der Waals surface area contributed by atoms with Crippen LogP contribution in [0, 0.1) is 11.8 Å². The van der Waals surface area contributed by atoms with Crippen LogP contribution in [0.25, 0.3) is 10.9 Å². The molecule has 1 aromatic carbocycles. The lowest BCUT2D eigenvalue weighted by atomic mass is 10.1. The first kappa shape index (κ1) is 18.0. The number of fused-ring (bicyclic) bond motifs is 1. The summed E-state index contributed by atoms with van der Waals surface area (Å²) in [7, 11) is 2.12. The summed E-state index contributed by atoms with van der Waals surface area (Å²) in [6.07, 6.45) is 2.26. The number of hydrogen-bond acceptors (Lipinski definition) is 3. The number of aryl methyl sites for hydroxylation is 1. The van der Waals surface area contributed by atoms with Gasteiger partial charge in [0.1, 0.15) is 0 Å². The molecule has 0 bridgehead atoms. The van der Waals surface area contributed by atoms with Crippen LogP contribution in [0.5, 0.6) is 0 Å². The predicted octanol–water partition coefficient (Wildman–Crippen LogP) is 2.70. The Balaban J connectivity index is 1.80. The highest BCUT2D eigenvalue weighted by Crippen LogP contribution is 2.23. The van der Waals surface area contributed by atoms with Crippen molar-refractivity contribution in [2.75, 3.05) is 45.9 Å². The molecule has 0 N–H and O–H groups in total. The Labute approximate surface area is 151 Å². The van der Waals surface area contributed by atoms with Crippen molar-refractivity contribution < 1.29 is 4.74 Å². The molecule has 4 nitrogen and oxygen atoms in total. The maximum Gasteiger partial charge on any atom is 0.0605 e. The van der Waals surface area contributed by atoms with Crippen LogP contribution in [0.15, 0.2) is 24.4 Å². The van der Waals surface area contributed by atoms with Gasteiger partial charge in [0.25, 0.3) is 0 Å². The lowest BCUT2D eigenvalue weighted by Gasteiger charge is -2.26. The third kappa shape index (κ3) is 4.43. The van der Waals surface area contributed by atoms with E-state index in [2.05, 4.69) is 71.5 Å². The van der Waals surface area contributed by atoms with Crippen molar-refractivity contribution in [2.45, 2.75) is 20.4 Å². The Morgan fingerprint density at radius 1 is 1.16 bits per heavy atom. The summed E-state index contributed by atoms with van der Waals surface area (Å²) < 4.78 is 7.68. The Kier molecular flexibility index (Phi) is 6.14. The Morgan fingerprint density at radius 2 is 1.92 bits per heavy atom. The van der Waals surface area contributed by atoms with Gasteiger partial charge in [0.2, 0.25) is 0 Å². The number of morpholine rings is 1. The Bertz CT molecular complexity index is 759. The van der Waals surface area contributed by atoms with E-state index in [1.165, 1.54) is 16.5 Å². The molecule has 0 spiro atoms. The lowest BCUT2D eigenvalue weighted by Crippen LogP contribution is -2.35. The first-order valence-corrected chi connectivity index (χ1v) is 9.30. The second-order valence-corrected chi connectivity index (χ2v) is 6.65. The standard InChI is InChI=1S/C21H29N3O/c1-4-23(5-2)10-6-7-18-8-9-21-20(15-18)19(16-22(21)3)17-24-11-13-25-14-12-24/h8-9,15-16H,4-5,10-14,17H2,1-3H3. The van der Waals surface area contributed by atoms with Crippen LogP contribution in [0.4, 0.5) is 0 Å². The minimum atomic E-state index is 0.834. The van der Waals surface area contributed by atoms with E-state index in [0.717, 1.165) is 58.0 Å². The average molecular weight is 339 g/mol. The maximum atomic E-state index is 5.46. The maximum absolute atomic E-state index is 5.46. The number of rotatable bonds is 5. The van der Waals surface area contributed by atoms with Crippen molar-refractivity contribution >= 4 is 10.9 Å². The SMILES string of the molecule is CCN(CC)CC#Cc1ccc2c(c1)c(CN1CCOCC1)cn2C. The summed E-state index contributed by atoms with van der Waals surface area (Å²) >= 11 is 0. The smallest absolute Gasteiger partial charge is 0.0605 e. The van der Waals surface area contributed by atoms with Crippen molar-refractivity contribution in [3.05, 3.63) is 35.5 Å². The molecule has 25 heavy (non-hydrogen) atoms. The van der Waals surface area contributed by atoms with E-state index in [1.807, 2.05) is 0 Å². The van der Waals surface area contributed by atoms with Crippen molar-refractivity contribution in [1.29, 1.82) is 0 Å². The summed E-state index contributed by atoms with van der Waals surface area (Å²) in [6, 6.07) is 6.58. The highest BCUT2D eigenvalue weighted by molar-refractivity contribution is 5.85. The molecule has 1 aromatic heterocycles. The summed E-state index contributed by atoms with van der Waals surface area (Å²) in [6.45, 7) is 12.0. The van der Waals surface area contributed by atoms with Gasteiger partial charge in [0, 0.05) is 49.3 Å². The van der Waals surface area contributed by atoms with E-state index >= 15 is 0 Å². The molecule has 1 saturated heterocycles. The second-order valence-electron chi connectivity index (χ2n) is 6.65. The zero-order valence-corrected chi connectivity index (χ0v) is 15.7. The summed E-state index contributed by atoms with van der Waals surface area (Å²) in [5, 5.41) is 1.32. The zero-order chi connectivity index (χ0) is 17.6. The number of nitrogens with zero attached hydrogens (tertiary/aromatic N) is 3. The number of benzene rings is 1. The minimum Gasteiger partial charge on any atom is -0.379 e. The van der Waals surface area contributed by atoms with Gasteiger partial charge in [-0.25, -0.2) is 0 Å². The molecule has 3 rings (SSSR count). The van der Waals surface area contributed by atoms with E-state index in [0.29, 0.717) is 0 Å². The van der Waals surface area contributed by atoms with Gasteiger partial charge >= 0.3 is 0 Å². The molecule has 0 amide bonds. The number of hydrogen-bond donors (Lipinski definition) is 0. The highest BCUT2D eigenvalue weighted by atomic mass is 16.5. The van der Waals surface area contributed by atoms with Crippen LogP contribution in [0.2, 0.25) is 0 Å². The molecule has 1 aliphatic heterocycles. The van der Waals surface area contributed by atoms with Crippen LogP contribution in [0.3, 0.4) is 0 Å². The fraction of sp³-hybridized carbons (Fsp3) is 0.524. The van der Waals surface area contributed by atoms with Crippen LogP contribution >= 0.6 is 0 Å².